The van der Waals surface area contributed by atoms with Gasteiger partial charge in [0.05, 0.1) is 0 Å². The zero-order chi connectivity index (χ0) is 28.5. The van der Waals surface area contributed by atoms with Crippen molar-refractivity contribution in [1.29, 1.82) is 0 Å². The van der Waals surface area contributed by atoms with Gasteiger partial charge in [-0.15, -0.1) is 29.4 Å². The summed E-state index contributed by atoms with van der Waals surface area (Å²) in [6, 6.07) is 29.3. The smallest absolute Gasteiger partial charge is 1.00 e. The molecule has 6 rings (SSSR count). The number of hydrogen-bond acceptors (Lipinski definition) is 0. The third-order valence-corrected chi connectivity index (χ3v) is 8.07. The van der Waals surface area contributed by atoms with Gasteiger partial charge in [0.15, 0.2) is 0 Å². The van der Waals surface area contributed by atoms with Gasteiger partial charge < -0.3 is 24.8 Å². The molecule has 4 heteroatoms. The van der Waals surface area contributed by atoms with E-state index < -0.39 is 0 Å². The molecule has 3 aromatic carbocycles. The first-order valence-electron chi connectivity index (χ1n) is 14.4. The molecule has 0 saturated carbocycles. The van der Waals surface area contributed by atoms with E-state index >= 15 is 0 Å². The Kier molecular flexibility index (Phi) is 11.7. The molecule has 0 radical (unpaired) electrons. The van der Waals surface area contributed by atoms with Gasteiger partial charge in [-0.1, -0.05) is 119 Å². The van der Waals surface area contributed by atoms with Crippen molar-refractivity contribution in [2.75, 3.05) is 0 Å². The van der Waals surface area contributed by atoms with Crippen LogP contribution in [0.2, 0.25) is 13.1 Å². The van der Waals surface area contributed by atoms with Gasteiger partial charge in [0.25, 0.3) is 0 Å². The molecule has 0 fully saturated rings. The van der Waals surface area contributed by atoms with E-state index in [1.165, 1.54) is 50.1 Å². The van der Waals surface area contributed by atoms with Crippen LogP contribution in [0.1, 0.15) is 67.9 Å². The predicted octanol–water partition coefficient (Wildman–Crippen LogP) is 3.93. The van der Waals surface area contributed by atoms with E-state index in [0.717, 1.165) is 6.42 Å². The van der Waals surface area contributed by atoms with Crippen molar-refractivity contribution >= 4 is 17.1 Å². The van der Waals surface area contributed by atoms with Crippen molar-refractivity contribution in [2.24, 2.45) is 0 Å². The van der Waals surface area contributed by atoms with E-state index in [0.29, 0.717) is 0 Å². The van der Waals surface area contributed by atoms with Crippen LogP contribution in [0, 0.1) is 6.08 Å². The van der Waals surface area contributed by atoms with Crippen LogP contribution < -0.4 is 24.8 Å². The van der Waals surface area contributed by atoms with Crippen LogP contribution in [0.25, 0.3) is 11.6 Å². The summed E-state index contributed by atoms with van der Waals surface area (Å²) in [5.74, 6) is 0.167. The first kappa shape index (κ1) is 34.5. The summed E-state index contributed by atoms with van der Waals surface area (Å²) in [6.07, 6.45) is 16.5. The molecule has 2 atom stereocenters. The zero-order valence-electron chi connectivity index (χ0n) is 25.4. The number of halogens is 2. The second kappa shape index (κ2) is 14.2. The van der Waals surface area contributed by atoms with Gasteiger partial charge in [-0.05, 0) is 45.2 Å². The van der Waals surface area contributed by atoms with Gasteiger partial charge in [-0.2, -0.15) is 11.6 Å². The fourth-order valence-electron chi connectivity index (χ4n) is 6.19. The number of benzene rings is 3. The predicted molar refractivity (Wildman–Crippen MR) is 170 cm³/mol. The Morgan fingerprint density at radius 2 is 1.48 bits per heavy atom. The molecule has 2 unspecified atom stereocenters. The van der Waals surface area contributed by atoms with Crippen molar-refractivity contribution in [3.63, 3.8) is 0 Å². The largest absolute Gasteiger partial charge is 1.00 e. The van der Waals surface area contributed by atoms with E-state index in [1.54, 1.807) is 23.3 Å². The average molecular weight is 686 g/mol. The molecule has 0 nitrogen and oxygen atoms in total. The second-order valence-electron chi connectivity index (χ2n) is 12.2. The van der Waals surface area contributed by atoms with Crippen LogP contribution in [0.5, 0.6) is 0 Å². The van der Waals surface area contributed by atoms with Crippen molar-refractivity contribution in [1.82, 2.24) is 0 Å². The summed E-state index contributed by atoms with van der Waals surface area (Å²) in [6.45, 7) is 13.7. The van der Waals surface area contributed by atoms with Gasteiger partial charge in [0, 0.05) is 11.3 Å². The molecule has 0 amide bonds. The van der Waals surface area contributed by atoms with Gasteiger partial charge in [0.1, 0.15) is 0 Å². The SMILES string of the molecule is CCC1=[C-]C2=CC=CC(c3ccccc3)(C3C(c4ccc(C(C)(C)C)cc4)=Cc4ccccc43)C2=C1.C[Si](C)=[Zr+2].[Cl-].[Cl-]. The molecule has 0 bridgehead atoms. The van der Waals surface area contributed by atoms with Gasteiger partial charge in [-0.3, -0.25) is 0 Å². The van der Waals surface area contributed by atoms with E-state index in [-0.39, 0.29) is 47.0 Å². The van der Waals surface area contributed by atoms with Crippen LogP contribution in [-0.2, 0) is 34.2 Å². The fourth-order valence-corrected chi connectivity index (χ4v) is 6.19. The molecule has 42 heavy (non-hydrogen) atoms. The standard InChI is InChI=1S/C36H33.C2H6Si.2ClH.Zr/c1-5-25-22-28-13-11-21-36(33(28)23-25,30-14-7-6-8-15-30)34-31-16-10-9-12-27(31)24-32(34)26-17-19-29(20-18-26)35(2,3)4;1-3-2;;;/h6-21,23-24,34H,5H2,1-4H3;1-2H3;2*1H;/q-1;;;;+2/p-2. The third kappa shape index (κ3) is 6.73. The molecule has 0 heterocycles. The van der Waals surface area contributed by atoms with Crippen LogP contribution in [0.3, 0.4) is 0 Å². The maximum Gasteiger partial charge on any atom is -1.00 e. The molecule has 3 aliphatic rings. The summed E-state index contributed by atoms with van der Waals surface area (Å²) in [5, 5.41) is 0. The van der Waals surface area contributed by atoms with Gasteiger partial charge in [0.2, 0.25) is 0 Å². The maximum absolute atomic E-state index is 3.71. The van der Waals surface area contributed by atoms with Crippen molar-refractivity contribution in [2.45, 2.75) is 64.0 Å². The number of fused-ring (bicyclic) bond motifs is 2. The molecule has 3 aliphatic carbocycles. The molecular formula is C38H39Cl2SiZr-. The van der Waals surface area contributed by atoms with Crippen LogP contribution in [0.4, 0.5) is 0 Å². The minimum absolute atomic E-state index is 0. The summed E-state index contributed by atoms with van der Waals surface area (Å²) in [7, 11) is 0. The molecule has 0 aromatic heterocycles. The monoisotopic (exact) mass is 683 g/mol. The second-order valence-corrected chi connectivity index (χ2v) is 21.6. The summed E-state index contributed by atoms with van der Waals surface area (Å²) in [4.78, 5) is 0. The minimum Gasteiger partial charge on any atom is -1.00 e. The van der Waals surface area contributed by atoms with E-state index in [4.69, 9.17) is 0 Å². The Hall–Kier alpha value is -1.96. The first-order valence-corrected chi connectivity index (χ1v) is 20.6. The normalized spacial score (nSPS) is 19.9. The fraction of sp³-hybridized carbons (Fsp3) is 0.263. The molecular weight excluding hydrogens is 647 g/mol. The average Bonchev–Trinajstić information content (AvgIpc) is 3.55. The van der Waals surface area contributed by atoms with Gasteiger partial charge in [-0.25, -0.2) is 0 Å². The van der Waals surface area contributed by atoms with Crippen LogP contribution in [0.15, 0.2) is 120 Å². The number of allylic oxidation sites excluding steroid dienone is 9. The topological polar surface area (TPSA) is 0 Å². The van der Waals surface area contributed by atoms with Gasteiger partial charge >= 0.3 is 41.9 Å². The molecule has 0 N–H and O–H groups in total. The Balaban J connectivity index is 0.000000760. The van der Waals surface area contributed by atoms with E-state index in [2.05, 4.69) is 156 Å². The molecule has 3 aromatic rings. The third-order valence-electron chi connectivity index (χ3n) is 8.07. The van der Waals surface area contributed by atoms with Crippen molar-refractivity contribution in [3.8, 4) is 0 Å². The Labute approximate surface area is 281 Å². The van der Waals surface area contributed by atoms with Crippen LogP contribution >= 0.6 is 0 Å². The Morgan fingerprint density at radius 3 is 2.10 bits per heavy atom. The van der Waals surface area contributed by atoms with Crippen molar-refractivity contribution in [3.05, 3.63) is 154 Å². The minimum atomic E-state index is -0.309. The van der Waals surface area contributed by atoms with E-state index in [9.17, 15) is 0 Å². The maximum atomic E-state index is 3.71. The Bertz CT molecular complexity index is 1580. The molecule has 0 saturated heterocycles. The number of rotatable bonds is 4. The van der Waals surface area contributed by atoms with Crippen molar-refractivity contribution < 1.29 is 48.1 Å². The summed E-state index contributed by atoms with van der Waals surface area (Å²) >= 11 is 1.74. The summed E-state index contributed by atoms with van der Waals surface area (Å²) in [5.41, 5.74) is 12.0. The first-order chi connectivity index (χ1) is 19.1. The Morgan fingerprint density at radius 1 is 0.857 bits per heavy atom. The molecule has 214 valence electrons. The quantitative estimate of drug-likeness (QED) is 0.289. The zero-order valence-corrected chi connectivity index (χ0v) is 30.4. The molecule has 0 aliphatic heterocycles. The van der Waals surface area contributed by atoms with E-state index in [1.807, 2.05) is 0 Å². The number of hydrogen-bond donors (Lipinski definition) is 0. The molecule has 0 spiro atoms. The van der Waals surface area contributed by atoms with Crippen LogP contribution in [-0.4, -0.2) is 5.43 Å². The summed E-state index contributed by atoms with van der Waals surface area (Å²) < 4.78 is 0.